The summed E-state index contributed by atoms with van der Waals surface area (Å²) in [5.74, 6) is 1.39. The van der Waals surface area contributed by atoms with Crippen LogP contribution in [0.1, 0.15) is 30.7 Å². The van der Waals surface area contributed by atoms with Crippen molar-refractivity contribution in [2.75, 3.05) is 20.2 Å². The second-order valence-corrected chi connectivity index (χ2v) is 3.40. The van der Waals surface area contributed by atoms with Crippen molar-refractivity contribution in [2.24, 2.45) is 0 Å². The molecule has 1 fully saturated rings. The van der Waals surface area contributed by atoms with Crippen LogP contribution in [0.2, 0.25) is 0 Å². The number of hydrogen-bond acceptors (Lipinski definition) is 5. The molecule has 1 N–H and O–H groups in total. The minimum absolute atomic E-state index is 0.0332. The molecule has 1 aliphatic rings. The van der Waals surface area contributed by atoms with Crippen molar-refractivity contribution < 1.29 is 9.26 Å². The van der Waals surface area contributed by atoms with Crippen LogP contribution in [0.25, 0.3) is 0 Å². The van der Waals surface area contributed by atoms with E-state index >= 15 is 0 Å². The molecule has 78 valence electrons. The van der Waals surface area contributed by atoms with Gasteiger partial charge in [-0.3, -0.25) is 0 Å². The fourth-order valence-electron chi connectivity index (χ4n) is 1.51. The maximum Gasteiger partial charge on any atom is 0.255 e. The summed E-state index contributed by atoms with van der Waals surface area (Å²) in [5.41, 5.74) is 0. The molecule has 0 saturated carbocycles. The molecule has 5 nitrogen and oxygen atoms in total. The average Bonchev–Trinajstić information content (AvgIpc) is 2.85. The van der Waals surface area contributed by atoms with Gasteiger partial charge in [0.1, 0.15) is 6.10 Å². The van der Waals surface area contributed by atoms with Crippen LogP contribution in [0.4, 0.5) is 0 Å². The first-order valence-corrected chi connectivity index (χ1v) is 4.99. The van der Waals surface area contributed by atoms with Crippen LogP contribution in [0.5, 0.6) is 0 Å². The predicted octanol–water partition coefficient (Wildman–Crippen LogP) is 0.683. The van der Waals surface area contributed by atoms with Gasteiger partial charge in [-0.15, -0.1) is 0 Å². The highest BCUT2D eigenvalue weighted by Crippen LogP contribution is 2.26. The smallest absolute Gasteiger partial charge is 0.255 e. The van der Waals surface area contributed by atoms with E-state index in [2.05, 4.69) is 15.5 Å². The Balaban J connectivity index is 1.94. The summed E-state index contributed by atoms with van der Waals surface area (Å²) in [7, 11) is 1.90. The maximum absolute atomic E-state index is 5.44. The van der Waals surface area contributed by atoms with E-state index in [-0.39, 0.29) is 6.10 Å². The summed E-state index contributed by atoms with van der Waals surface area (Å²) in [6.07, 6.45) is 2.91. The fourth-order valence-corrected chi connectivity index (χ4v) is 1.51. The van der Waals surface area contributed by atoms with Crippen molar-refractivity contribution in [1.29, 1.82) is 0 Å². The zero-order valence-electron chi connectivity index (χ0n) is 8.32. The van der Waals surface area contributed by atoms with E-state index in [1.807, 2.05) is 7.05 Å². The van der Waals surface area contributed by atoms with Crippen LogP contribution in [-0.4, -0.2) is 30.3 Å². The first-order chi connectivity index (χ1) is 6.90. The van der Waals surface area contributed by atoms with Crippen LogP contribution in [-0.2, 0) is 11.2 Å². The van der Waals surface area contributed by atoms with Gasteiger partial charge >= 0.3 is 0 Å². The van der Waals surface area contributed by atoms with Crippen LogP contribution in [0.3, 0.4) is 0 Å². The summed E-state index contributed by atoms with van der Waals surface area (Å²) >= 11 is 0. The number of ether oxygens (including phenoxy) is 1. The topological polar surface area (TPSA) is 60.2 Å². The average molecular weight is 197 g/mol. The molecule has 1 saturated heterocycles. The van der Waals surface area contributed by atoms with E-state index < -0.39 is 0 Å². The molecule has 1 aromatic rings. The second-order valence-electron chi connectivity index (χ2n) is 3.40. The Morgan fingerprint density at radius 3 is 3.21 bits per heavy atom. The van der Waals surface area contributed by atoms with Crippen molar-refractivity contribution in [1.82, 2.24) is 15.5 Å². The van der Waals surface area contributed by atoms with Crippen LogP contribution >= 0.6 is 0 Å². The summed E-state index contributed by atoms with van der Waals surface area (Å²) in [5, 5.41) is 6.93. The molecule has 2 heterocycles. The summed E-state index contributed by atoms with van der Waals surface area (Å²) in [6.45, 7) is 1.67. The molecule has 1 atom stereocenters. The lowest BCUT2D eigenvalue weighted by Crippen LogP contribution is -2.11. The van der Waals surface area contributed by atoms with Gasteiger partial charge in [0, 0.05) is 19.6 Å². The monoisotopic (exact) mass is 197 g/mol. The SMILES string of the molecule is CNCCc1noc(C2CCCO2)n1. The van der Waals surface area contributed by atoms with Gasteiger partial charge in [0.05, 0.1) is 0 Å². The largest absolute Gasteiger partial charge is 0.368 e. The van der Waals surface area contributed by atoms with Gasteiger partial charge in [-0.1, -0.05) is 5.16 Å². The van der Waals surface area contributed by atoms with E-state index in [0.29, 0.717) is 5.89 Å². The molecule has 0 aliphatic carbocycles. The van der Waals surface area contributed by atoms with Crippen molar-refractivity contribution in [2.45, 2.75) is 25.4 Å². The predicted molar refractivity (Wildman–Crippen MR) is 49.9 cm³/mol. The van der Waals surface area contributed by atoms with Crippen LogP contribution in [0.15, 0.2) is 4.52 Å². The van der Waals surface area contributed by atoms with Gasteiger partial charge in [-0.05, 0) is 19.9 Å². The van der Waals surface area contributed by atoms with Crippen molar-refractivity contribution in [3.8, 4) is 0 Å². The van der Waals surface area contributed by atoms with Crippen molar-refractivity contribution in [3.63, 3.8) is 0 Å². The molecular formula is C9H15N3O2. The molecule has 1 aliphatic heterocycles. The quantitative estimate of drug-likeness (QED) is 0.769. The molecular weight excluding hydrogens is 182 g/mol. The Kier molecular flexibility index (Phi) is 3.10. The van der Waals surface area contributed by atoms with Crippen molar-refractivity contribution in [3.05, 3.63) is 11.7 Å². The van der Waals surface area contributed by atoms with E-state index in [1.54, 1.807) is 0 Å². The Hall–Kier alpha value is -0.940. The molecule has 1 aromatic heterocycles. The lowest BCUT2D eigenvalue weighted by atomic mass is 10.2. The molecule has 0 spiro atoms. The summed E-state index contributed by atoms with van der Waals surface area (Å²) in [6, 6.07) is 0. The van der Waals surface area contributed by atoms with Gasteiger partial charge in [0.25, 0.3) is 5.89 Å². The van der Waals surface area contributed by atoms with E-state index in [0.717, 1.165) is 38.2 Å². The summed E-state index contributed by atoms with van der Waals surface area (Å²) in [4.78, 5) is 4.29. The Morgan fingerprint density at radius 1 is 1.57 bits per heavy atom. The molecule has 0 bridgehead atoms. The third-order valence-corrected chi connectivity index (χ3v) is 2.29. The normalized spacial score (nSPS) is 21.6. The third-order valence-electron chi connectivity index (χ3n) is 2.29. The number of nitrogens with zero attached hydrogens (tertiary/aromatic N) is 2. The van der Waals surface area contributed by atoms with Gasteiger partial charge in [-0.25, -0.2) is 0 Å². The van der Waals surface area contributed by atoms with Gasteiger partial charge in [0.2, 0.25) is 0 Å². The zero-order chi connectivity index (χ0) is 9.80. The number of aromatic nitrogens is 2. The lowest BCUT2D eigenvalue weighted by Gasteiger charge is -2.00. The van der Waals surface area contributed by atoms with Crippen molar-refractivity contribution >= 4 is 0 Å². The number of rotatable bonds is 4. The Morgan fingerprint density at radius 2 is 2.50 bits per heavy atom. The maximum atomic E-state index is 5.44. The minimum atomic E-state index is 0.0332. The fraction of sp³-hybridized carbons (Fsp3) is 0.778. The van der Waals surface area contributed by atoms with Gasteiger partial charge in [0.15, 0.2) is 5.82 Å². The molecule has 0 aromatic carbocycles. The second kappa shape index (κ2) is 4.52. The first kappa shape index (κ1) is 9.61. The molecule has 5 heteroatoms. The van der Waals surface area contributed by atoms with Gasteiger partial charge < -0.3 is 14.6 Å². The molecule has 14 heavy (non-hydrogen) atoms. The van der Waals surface area contributed by atoms with E-state index in [1.165, 1.54) is 0 Å². The third kappa shape index (κ3) is 2.10. The number of hydrogen-bond donors (Lipinski definition) is 1. The number of nitrogens with one attached hydrogen (secondary N) is 1. The molecule has 2 rings (SSSR count). The Bertz CT molecular complexity index is 281. The van der Waals surface area contributed by atoms with E-state index in [9.17, 15) is 0 Å². The molecule has 0 amide bonds. The summed E-state index contributed by atoms with van der Waals surface area (Å²) < 4.78 is 10.6. The molecule has 0 radical (unpaired) electrons. The minimum Gasteiger partial charge on any atom is -0.368 e. The highest BCUT2D eigenvalue weighted by atomic mass is 16.5. The zero-order valence-corrected chi connectivity index (χ0v) is 8.32. The standard InChI is InChI=1S/C9H15N3O2/c1-10-5-4-8-11-9(14-12-8)7-3-2-6-13-7/h7,10H,2-6H2,1H3. The number of likely N-dealkylation sites (N-methyl/N-ethyl adjacent to an activating group) is 1. The molecule has 1 unspecified atom stereocenters. The highest BCUT2D eigenvalue weighted by Gasteiger charge is 2.23. The van der Waals surface area contributed by atoms with E-state index in [4.69, 9.17) is 9.26 Å². The lowest BCUT2D eigenvalue weighted by molar-refractivity contribution is 0.0835. The highest BCUT2D eigenvalue weighted by molar-refractivity contribution is 4.92. The Labute approximate surface area is 82.8 Å². The van der Waals surface area contributed by atoms with Crippen LogP contribution in [0, 0.1) is 0 Å². The van der Waals surface area contributed by atoms with Crippen LogP contribution < -0.4 is 5.32 Å². The first-order valence-electron chi connectivity index (χ1n) is 4.99. The van der Waals surface area contributed by atoms with Gasteiger partial charge in [-0.2, -0.15) is 4.98 Å².